The molecule has 0 saturated carbocycles. The van der Waals surface area contributed by atoms with Crippen molar-refractivity contribution in [2.75, 3.05) is 24.5 Å². The Hall–Kier alpha value is -2.72. The summed E-state index contributed by atoms with van der Waals surface area (Å²) in [6.45, 7) is 3.76. The Bertz CT molecular complexity index is 1170. The number of nitrogens with zero attached hydrogens (tertiary/aromatic N) is 4. The zero-order valence-corrected chi connectivity index (χ0v) is 18.7. The van der Waals surface area contributed by atoms with Crippen molar-refractivity contribution in [3.05, 3.63) is 44.7 Å². The smallest absolute Gasteiger partial charge is 0.303 e. The first-order valence-corrected chi connectivity index (χ1v) is 11.3. The first-order chi connectivity index (χ1) is 14.8. The van der Waals surface area contributed by atoms with Gasteiger partial charge in [0.05, 0.1) is 10.5 Å². The number of carboxylic acids is 1. The number of carbonyl (C=O) groups is 2. The summed E-state index contributed by atoms with van der Waals surface area (Å²) in [7, 11) is 0. The topological polar surface area (TPSA) is 95.2 Å². The number of thiocarbonyl (C=S) groups is 1. The van der Waals surface area contributed by atoms with Gasteiger partial charge in [-0.25, -0.2) is 4.98 Å². The second-order valence-electron chi connectivity index (χ2n) is 7.61. The molecule has 0 spiro atoms. The Morgan fingerprint density at radius 3 is 2.74 bits per heavy atom. The van der Waals surface area contributed by atoms with E-state index in [0.29, 0.717) is 32.7 Å². The van der Waals surface area contributed by atoms with Gasteiger partial charge >= 0.3 is 5.97 Å². The van der Waals surface area contributed by atoms with Crippen LogP contribution >= 0.6 is 24.0 Å². The maximum Gasteiger partial charge on any atom is 0.303 e. The number of hydrogen-bond donors (Lipinski definition) is 1. The van der Waals surface area contributed by atoms with Gasteiger partial charge in [0.1, 0.15) is 15.8 Å². The molecule has 8 nitrogen and oxygen atoms in total. The molecule has 0 bridgehead atoms. The van der Waals surface area contributed by atoms with Crippen LogP contribution in [0.15, 0.2) is 28.0 Å². The number of rotatable bonds is 6. The van der Waals surface area contributed by atoms with E-state index in [4.69, 9.17) is 22.3 Å². The van der Waals surface area contributed by atoms with Gasteiger partial charge in [0, 0.05) is 32.3 Å². The third kappa shape index (κ3) is 4.35. The number of anilines is 1. The Morgan fingerprint density at radius 1 is 1.29 bits per heavy atom. The molecule has 1 amide bonds. The predicted molar refractivity (Wildman–Crippen MR) is 124 cm³/mol. The molecular weight excluding hydrogens is 436 g/mol. The lowest BCUT2D eigenvalue weighted by atomic mass is 10.2. The molecule has 0 radical (unpaired) electrons. The van der Waals surface area contributed by atoms with Crippen LogP contribution in [0.2, 0.25) is 0 Å². The van der Waals surface area contributed by atoms with Crippen molar-refractivity contribution in [1.29, 1.82) is 0 Å². The second kappa shape index (κ2) is 8.80. The molecule has 0 atom stereocenters. The number of aryl methyl sites for hydroxylation is 1. The summed E-state index contributed by atoms with van der Waals surface area (Å²) >= 11 is 6.46. The third-order valence-electron chi connectivity index (χ3n) is 5.31. The summed E-state index contributed by atoms with van der Waals surface area (Å²) in [6.07, 6.45) is 5.67. The van der Waals surface area contributed by atoms with Gasteiger partial charge in [0.15, 0.2) is 0 Å². The monoisotopic (exact) mass is 458 g/mol. The zero-order valence-electron chi connectivity index (χ0n) is 17.0. The number of thioether (sulfide) groups is 1. The van der Waals surface area contributed by atoms with Crippen molar-refractivity contribution in [3.63, 3.8) is 0 Å². The summed E-state index contributed by atoms with van der Waals surface area (Å²) in [5.74, 6) is -0.634. The lowest BCUT2D eigenvalue weighted by Gasteiger charge is -2.19. The van der Waals surface area contributed by atoms with Gasteiger partial charge in [-0.2, -0.15) is 0 Å². The molecule has 2 aliphatic heterocycles. The average molecular weight is 459 g/mol. The van der Waals surface area contributed by atoms with Crippen molar-refractivity contribution in [2.45, 2.75) is 32.6 Å². The number of pyridine rings is 1. The van der Waals surface area contributed by atoms with E-state index < -0.39 is 5.97 Å². The third-order valence-corrected chi connectivity index (χ3v) is 6.69. The van der Waals surface area contributed by atoms with E-state index in [1.807, 2.05) is 19.1 Å². The molecular formula is C21H22N4O4S2. The van der Waals surface area contributed by atoms with Crippen LogP contribution in [0, 0.1) is 6.92 Å². The minimum atomic E-state index is -0.915. The summed E-state index contributed by atoms with van der Waals surface area (Å²) in [5.41, 5.74) is 1.64. The minimum Gasteiger partial charge on any atom is -0.481 e. The fourth-order valence-electron chi connectivity index (χ4n) is 3.76. The number of carbonyl (C=O) groups excluding carboxylic acids is 1. The van der Waals surface area contributed by atoms with Crippen LogP contribution < -0.4 is 10.5 Å². The first kappa shape index (κ1) is 21.5. The van der Waals surface area contributed by atoms with Crippen LogP contribution in [0.5, 0.6) is 0 Å². The lowest BCUT2D eigenvalue weighted by Crippen LogP contribution is -2.30. The molecule has 0 aromatic carbocycles. The number of amides is 1. The van der Waals surface area contributed by atoms with E-state index in [1.54, 1.807) is 12.3 Å². The van der Waals surface area contributed by atoms with E-state index >= 15 is 0 Å². The van der Waals surface area contributed by atoms with Crippen LogP contribution in [0.1, 0.15) is 36.8 Å². The molecule has 1 N–H and O–H groups in total. The number of hydrogen-bond acceptors (Lipinski definition) is 7. The Labute approximate surface area is 188 Å². The van der Waals surface area contributed by atoms with Crippen molar-refractivity contribution in [2.24, 2.45) is 0 Å². The minimum absolute atomic E-state index is 0.0372. The summed E-state index contributed by atoms with van der Waals surface area (Å²) in [5, 5.41) is 8.84. The maximum absolute atomic E-state index is 13.4. The molecule has 0 aliphatic carbocycles. The molecule has 4 heterocycles. The number of aromatic nitrogens is 2. The van der Waals surface area contributed by atoms with Gasteiger partial charge in [0.2, 0.25) is 0 Å². The molecule has 0 unspecified atom stereocenters. The van der Waals surface area contributed by atoms with Crippen molar-refractivity contribution < 1.29 is 14.7 Å². The van der Waals surface area contributed by atoms with E-state index in [1.165, 1.54) is 9.30 Å². The van der Waals surface area contributed by atoms with Gasteiger partial charge < -0.3 is 10.0 Å². The summed E-state index contributed by atoms with van der Waals surface area (Å²) in [4.78, 5) is 45.7. The van der Waals surface area contributed by atoms with Crippen LogP contribution in [0.4, 0.5) is 5.82 Å². The fourth-order valence-corrected chi connectivity index (χ4v) is 5.05. The fraction of sp³-hybridized carbons (Fsp3) is 0.381. The second-order valence-corrected chi connectivity index (χ2v) is 9.29. The molecule has 2 aromatic rings. The van der Waals surface area contributed by atoms with Gasteiger partial charge in [-0.1, -0.05) is 30.0 Å². The van der Waals surface area contributed by atoms with Gasteiger partial charge in [0.25, 0.3) is 11.5 Å². The average Bonchev–Trinajstić information content (AvgIpc) is 3.34. The van der Waals surface area contributed by atoms with Gasteiger partial charge in [-0.15, -0.1) is 0 Å². The number of aliphatic carboxylic acids is 1. The van der Waals surface area contributed by atoms with E-state index in [2.05, 4.69) is 4.90 Å². The van der Waals surface area contributed by atoms with Gasteiger partial charge in [-0.05, 0) is 43.9 Å². The Balaban J connectivity index is 1.75. The highest BCUT2D eigenvalue weighted by Crippen LogP contribution is 2.34. The zero-order chi connectivity index (χ0) is 22.1. The number of carboxylic acid groups (broad SMARTS) is 1. The quantitative estimate of drug-likeness (QED) is 0.522. The predicted octanol–water partition coefficient (Wildman–Crippen LogP) is 2.67. The van der Waals surface area contributed by atoms with Crippen LogP contribution in [-0.2, 0) is 9.59 Å². The van der Waals surface area contributed by atoms with Crippen LogP contribution in [-0.4, -0.2) is 55.2 Å². The van der Waals surface area contributed by atoms with E-state index in [9.17, 15) is 14.4 Å². The Kier molecular flexibility index (Phi) is 6.10. The summed E-state index contributed by atoms with van der Waals surface area (Å²) in [6, 6.07) is 3.74. The molecule has 31 heavy (non-hydrogen) atoms. The molecule has 162 valence electrons. The van der Waals surface area contributed by atoms with Crippen molar-refractivity contribution in [3.8, 4) is 0 Å². The van der Waals surface area contributed by atoms with Crippen LogP contribution in [0.3, 0.4) is 0 Å². The highest BCUT2D eigenvalue weighted by molar-refractivity contribution is 8.26. The lowest BCUT2D eigenvalue weighted by molar-refractivity contribution is -0.137. The van der Waals surface area contributed by atoms with Crippen molar-refractivity contribution >= 4 is 57.7 Å². The molecule has 2 aromatic heterocycles. The van der Waals surface area contributed by atoms with E-state index in [-0.39, 0.29) is 24.4 Å². The molecule has 10 heteroatoms. The van der Waals surface area contributed by atoms with Crippen molar-refractivity contribution in [1.82, 2.24) is 14.3 Å². The maximum atomic E-state index is 13.4. The number of fused-ring (bicyclic) bond motifs is 1. The normalized spacial score (nSPS) is 18.0. The SMILES string of the molecule is Cc1ccc2nc(N3CCCC3)c(/C=C3/SC(=S)N(CCCC(=O)O)C3=O)c(=O)n2c1. The Morgan fingerprint density at radius 2 is 2.03 bits per heavy atom. The molecule has 2 saturated heterocycles. The van der Waals surface area contributed by atoms with Crippen LogP contribution in [0.25, 0.3) is 11.7 Å². The molecule has 2 aliphatic rings. The standard InChI is InChI=1S/C21H22N4O4S2/c1-13-6-7-16-22-18(23-8-2-3-9-23)14(19(28)25(16)12-13)11-15-20(29)24(21(30)31-15)10-4-5-17(26)27/h6-7,11-12H,2-5,8-10H2,1H3,(H,26,27)/b15-11+. The largest absolute Gasteiger partial charge is 0.481 e. The highest BCUT2D eigenvalue weighted by Gasteiger charge is 2.33. The molecule has 4 rings (SSSR count). The summed E-state index contributed by atoms with van der Waals surface area (Å²) < 4.78 is 1.88. The highest BCUT2D eigenvalue weighted by atomic mass is 32.2. The molecule has 2 fully saturated rings. The van der Waals surface area contributed by atoms with Gasteiger partial charge in [-0.3, -0.25) is 23.7 Å². The van der Waals surface area contributed by atoms with E-state index in [0.717, 1.165) is 43.3 Å². The first-order valence-electron chi connectivity index (χ1n) is 10.1.